The molecule has 1 atom stereocenters. The van der Waals surface area contributed by atoms with E-state index in [0.29, 0.717) is 29.3 Å². The number of amides is 1. The van der Waals surface area contributed by atoms with E-state index in [1.807, 2.05) is 13.8 Å². The number of rotatable bonds is 8. The number of alkyl halides is 3. The van der Waals surface area contributed by atoms with E-state index in [1.165, 1.54) is 12.1 Å². The summed E-state index contributed by atoms with van der Waals surface area (Å²) in [5, 5.41) is 2.80. The molecule has 0 aliphatic heterocycles. The van der Waals surface area contributed by atoms with Crippen molar-refractivity contribution in [2.45, 2.75) is 39.5 Å². The molecule has 0 spiro atoms. The minimum atomic E-state index is -4.41. The van der Waals surface area contributed by atoms with Crippen LogP contribution < -0.4 is 10.1 Å². The lowest BCUT2D eigenvalue weighted by molar-refractivity contribution is -0.137. The zero-order valence-electron chi connectivity index (χ0n) is 18.6. The monoisotopic (exact) mass is 458 g/mol. The van der Waals surface area contributed by atoms with Gasteiger partial charge in [0.15, 0.2) is 0 Å². The fraction of sp³-hybridized carbons (Fsp3) is 0.280. The van der Waals surface area contributed by atoms with Crippen molar-refractivity contribution in [2.24, 2.45) is 0 Å². The largest absolute Gasteiger partial charge is 0.457 e. The van der Waals surface area contributed by atoms with Crippen LogP contribution in [-0.2, 0) is 10.9 Å². The van der Waals surface area contributed by atoms with Crippen LogP contribution in [0, 0.1) is 6.92 Å². The number of halogens is 3. The Balaban J connectivity index is 1.68. The molecule has 0 aliphatic carbocycles. The average molecular weight is 458 g/mol. The summed E-state index contributed by atoms with van der Waals surface area (Å²) >= 11 is 0. The van der Waals surface area contributed by atoms with Crippen LogP contribution in [0.1, 0.15) is 53.7 Å². The van der Waals surface area contributed by atoms with Crippen LogP contribution in [0.4, 0.5) is 18.9 Å². The van der Waals surface area contributed by atoms with Crippen molar-refractivity contribution in [2.75, 3.05) is 11.9 Å². The minimum absolute atomic E-state index is 0.167. The molecular weight excluding hydrogens is 433 g/mol. The van der Waals surface area contributed by atoms with E-state index < -0.39 is 11.7 Å². The number of hydrogen-bond donors (Lipinski definition) is 1. The van der Waals surface area contributed by atoms with Crippen molar-refractivity contribution in [3.05, 3.63) is 83.2 Å². The highest BCUT2D eigenvalue weighted by Crippen LogP contribution is 2.32. The first kappa shape index (κ1) is 24.3. The number of nitrogens with one attached hydrogen (secondary N) is 1. The topological polar surface area (TPSA) is 60.5 Å². The van der Waals surface area contributed by atoms with E-state index in [1.54, 1.807) is 43.3 Å². The molecule has 174 valence electrons. The van der Waals surface area contributed by atoms with E-state index in [0.717, 1.165) is 24.2 Å². The van der Waals surface area contributed by atoms with Crippen molar-refractivity contribution >= 4 is 11.6 Å². The van der Waals surface area contributed by atoms with E-state index >= 15 is 0 Å². The molecule has 0 radical (unpaired) electrons. The van der Waals surface area contributed by atoms with Crippen LogP contribution >= 0.6 is 0 Å². The second kappa shape index (κ2) is 10.5. The molecule has 3 rings (SSSR count). The molecule has 5 nitrogen and oxygen atoms in total. The highest BCUT2D eigenvalue weighted by molar-refractivity contribution is 6.05. The fourth-order valence-electron chi connectivity index (χ4n) is 3.11. The van der Waals surface area contributed by atoms with Gasteiger partial charge >= 0.3 is 6.18 Å². The highest BCUT2D eigenvalue weighted by atomic mass is 19.4. The molecule has 1 amide bonds. The van der Waals surface area contributed by atoms with Crippen molar-refractivity contribution in [1.82, 2.24) is 4.98 Å². The van der Waals surface area contributed by atoms with Crippen molar-refractivity contribution in [3.8, 4) is 11.5 Å². The molecule has 0 saturated heterocycles. The summed E-state index contributed by atoms with van der Waals surface area (Å²) in [4.78, 5) is 17.3. The number of aryl methyl sites for hydroxylation is 1. The van der Waals surface area contributed by atoms with Crippen molar-refractivity contribution in [1.29, 1.82) is 0 Å². The maximum Gasteiger partial charge on any atom is 0.416 e. The molecule has 2 aromatic carbocycles. The van der Waals surface area contributed by atoms with Crippen LogP contribution in [0.15, 0.2) is 60.7 Å². The summed E-state index contributed by atoms with van der Waals surface area (Å²) in [5.41, 5.74) is 1.48. The Bertz CT molecular complexity index is 1100. The van der Waals surface area contributed by atoms with Gasteiger partial charge in [-0.05, 0) is 68.8 Å². The third-order valence-corrected chi connectivity index (χ3v) is 4.85. The van der Waals surface area contributed by atoms with Gasteiger partial charge in [-0.15, -0.1) is 0 Å². The number of anilines is 1. The Morgan fingerprint density at radius 1 is 1.06 bits per heavy atom. The molecule has 0 bridgehead atoms. The van der Waals surface area contributed by atoms with E-state index in [2.05, 4.69) is 10.3 Å². The second-order valence-electron chi connectivity index (χ2n) is 7.49. The standard InChI is InChI=1S/C25H25F3N2O3/c1-4-14-32-17(3)23-13-12-22(16(2)29-23)24(31)30-19-6-5-7-21(15-19)33-20-10-8-18(9-11-20)25(26,27)28/h5-13,15,17H,4,14H2,1-3H3,(H,30,31). The Morgan fingerprint density at radius 3 is 2.42 bits per heavy atom. The predicted molar refractivity (Wildman–Crippen MR) is 120 cm³/mol. The van der Waals surface area contributed by atoms with Gasteiger partial charge in [0, 0.05) is 18.4 Å². The molecule has 1 N–H and O–H groups in total. The van der Waals surface area contributed by atoms with Crippen LogP contribution in [-0.4, -0.2) is 17.5 Å². The SMILES string of the molecule is CCCOC(C)c1ccc(C(=O)Nc2cccc(Oc3ccc(C(F)(F)F)cc3)c2)c(C)n1. The third kappa shape index (κ3) is 6.55. The normalized spacial score (nSPS) is 12.3. The number of aromatic nitrogens is 1. The zero-order chi connectivity index (χ0) is 24.0. The van der Waals surface area contributed by atoms with Crippen LogP contribution in [0.5, 0.6) is 11.5 Å². The maximum absolute atomic E-state index is 12.8. The maximum atomic E-state index is 12.8. The Kier molecular flexibility index (Phi) is 7.71. The molecule has 1 heterocycles. The molecule has 0 saturated carbocycles. The number of pyridine rings is 1. The molecule has 8 heteroatoms. The molecule has 3 aromatic rings. The van der Waals surface area contributed by atoms with Gasteiger partial charge in [0.25, 0.3) is 5.91 Å². The molecule has 33 heavy (non-hydrogen) atoms. The molecule has 1 unspecified atom stereocenters. The van der Waals surface area contributed by atoms with Gasteiger partial charge in [-0.3, -0.25) is 9.78 Å². The molecular formula is C25H25F3N2O3. The number of ether oxygens (including phenoxy) is 2. The lowest BCUT2D eigenvalue weighted by atomic mass is 10.1. The van der Waals surface area contributed by atoms with Gasteiger partial charge < -0.3 is 14.8 Å². The lowest BCUT2D eigenvalue weighted by Gasteiger charge is -2.14. The zero-order valence-corrected chi connectivity index (χ0v) is 18.6. The van der Waals surface area contributed by atoms with Crippen LogP contribution in [0.3, 0.4) is 0 Å². The van der Waals surface area contributed by atoms with Crippen LogP contribution in [0.2, 0.25) is 0 Å². The quantitative estimate of drug-likeness (QED) is 0.397. The first-order valence-electron chi connectivity index (χ1n) is 10.5. The minimum Gasteiger partial charge on any atom is -0.457 e. The third-order valence-electron chi connectivity index (χ3n) is 4.85. The van der Waals surface area contributed by atoms with E-state index in [-0.39, 0.29) is 17.8 Å². The highest BCUT2D eigenvalue weighted by Gasteiger charge is 2.30. The first-order chi connectivity index (χ1) is 15.7. The number of benzene rings is 2. The summed E-state index contributed by atoms with van der Waals surface area (Å²) < 4.78 is 49.4. The molecule has 1 aromatic heterocycles. The number of carbonyl (C=O) groups excluding carboxylic acids is 1. The lowest BCUT2D eigenvalue weighted by Crippen LogP contribution is -2.15. The molecule has 0 fully saturated rings. The van der Waals surface area contributed by atoms with E-state index in [4.69, 9.17) is 9.47 Å². The average Bonchev–Trinajstić information content (AvgIpc) is 2.77. The summed E-state index contributed by atoms with van der Waals surface area (Å²) in [6.45, 7) is 6.34. The number of nitrogens with zero attached hydrogens (tertiary/aromatic N) is 1. The predicted octanol–water partition coefficient (Wildman–Crippen LogP) is 6.94. The van der Waals surface area contributed by atoms with E-state index in [9.17, 15) is 18.0 Å². The number of hydrogen-bond acceptors (Lipinski definition) is 4. The molecule has 0 aliphatic rings. The smallest absolute Gasteiger partial charge is 0.416 e. The summed E-state index contributed by atoms with van der Waals surface area (Å²) in [6.07, 6.45) is -3.67. The summed E-state index contributed by atoms with van der Waals surface area (Å²) in [6, 6.07) is 14.5. The first-order valence-corrected chi connectivity index (χ1v) is 10.5. The van der Waals surface area contributed by atoms with Gasteiger partial charge in [-0.2, -0.15) is 13.2 Å². The van der Waals surface area contributed by atoms with Gasteiger partial charge in [0.1, 0.15) is 11.5 Å². The van der Waals surface area contributed by atoms with Gasteiger partial charge in [-0.25, -0.2) is 0 Å². The van der Waals surface area contributed by atoms with Gasteiger partial charge in [0.2, 0.25) is 0 Å². The van der Waals surface area contributed by atoms with Gasteiger partial charge in [0.05, 0.1) is 28.6 Å². The fourth-order valence-corrected chi connectivity index (χ4v) is 3.11. The van der Waals surface area contributed by atoms with Crippen molar-refractivity contribution in [3.63, 3.8) is 0 Å². The summed E-state index contributed by atoms with van der Waals surface area (Å²) in [5.74, 6) is 0.293. The summed E-state index contributed by atoms with van der Waals surface area (Å²) in [7, 11) is 0. The van der Waals surface area contributed by atoms with Crippen LogP contribution in [0.25, 0.3) is 0 Å². The Morgan fingerprint density at radius 2 is 1.79 bits per heavy atom. The Labute approximate surface area is 190 Å². The Hall–Kier alpha value is -3.39. The van der Waals surface area contributed by atoms with Crippen molar-refractivity contribution < 1.29 is 27.4 Å². The van der Waals surface area contributed by atoms with Gasteiger partial charge in [-0.1, -0.05) is 13.0 Å². The second-order valence-corrected chi connectivity index (χ2v) is 7.49. The number of carbonyl (C=O) groups is 1.